The van der Waals surface area contributed by atoms with Crippen molar-refractivity contribution < 1.29 is 43.1 Å². The first-order chi connectivity index (χ1) is 13.2. The van der Waals surface area contributed by atoms with Gasteiger partial charge in [0.05, 0.1) is 39.6 Å². The number of rotatable bonds is 14. The van der Waals surface area contributed by atoms with Gasteiger partial charge in [-0.25, -0.2) is 0 Å². The molecule has 1 heterocycles. The topological polar surface area (TPSA) is 102 Å². The van der Waals surface area contributed by atoms with Crippen LogP contribution >= 0.6 is 0 Å². The van der Waals surface area contributed by atoms with E-state index in [1.807, 2.05) is 6.92 Å². The first kappa shape index (κ1) is 21.4. The summed E-state index contributed by atoms with van der Waals surface area (Å²) in [6.07, 6.45) is 0. The van der Waals surface area contributed by atoms with Gasteiger partial charge >= 0.3 is 6.48 Å². The molecule has 0 saturated heterocycles. The van der Waals surface area contributed by atoms with Gasteiger partial charge in [-0.1, -0.05) is 0 Å². The van der Waals surface area contributed by atoms with Crippen LogP contribution in [0, 0.1) is 0 Å². The number of aliphatic hydroxyl groups is 1. The number of fused-ring (bicyclic) bond motifs is 1. The Bertz CT molecular complexity index is 590. The molecule has 0 bridgehead atoms. The van der Waals surface area contributed by atoms with Gasteiger partial charge in [0.2, 0.25) is 5.75 Å². The molecule has 0 spiro atoms. The molecule has 1 atom stereocenters. The minimum absolute atomic E-state index is 0.240. The highest BCUT2D eigenvalue weighted by Crippen LogP contribution is 2.44. The normalized spacial score (nSPS) is 15.1. The molecule has 152 valence electrons. The van der Waals surface area contributed by atoms with Crippen LogP contribution in [0.15, 0.2) is 12.1 Å². The zero-order chi connectivity index (χ0) is 19.5. The number of hydrogen-bond acceptors (Lipinski definition) is 9. The van der Waals surface area contributed by atoms with Crippen LogP contribution < -0.4 is 14.2 Å². The summed E-state index contributed by atoms with van der Waals surface area (Å²) in [4.78, 5) is 11.8. The molecule has 0 radical (unpaired) electrons. The monoisotopic (exact) mass is 386 g/mol. The molecule has 1 aliphatic rings. The molecule has 9 nitrogen and oxygen atoms in total. The number of carbonyl (C=O) groups excluding carboxylic acids is 1. The molecule has 0 fully saturated rings. The van der Waals surface area contributed by atoms with Crippen molar-refractivity contribution in [1.82, 2.24) is 0 Å². The summed E-state index contributed by atoms with van der Waals surface area (Å²) in [6.45, 7) is 3.23. The van der Waals surface area contributed by atoms with Crippen molar-refractivity contribution in [3.8, 4) is 17.2 Å². The first-order valence-corrected chi connectivity index (χ1v) is 8.73. The standard InChI is InChI=1S/C18H26O9/c1-3-24-18-26-16-11-13(14(20)12-19)10-15(17(16)27-18)25-9-8-23-7-6-22-5-4-21-2/h10-11,18-19H,3-9,12H2,1-2H3. The van der Waals surface area contributed by atoms with Crippen LogP contribution in [0.2, 0.25) is 0 Å². The molecule has 1 unspecified atom stereocenters. The average molecular weight is 386 g/mol. The second-order valence-electron chi connectivity index (χ2n) is 5.43. The van der Waals surface area contributed by atoms with E-state index < -0.39 is 18.9 Å². The van der Waals surface area contributed by atoms with E-state index in [2.05, 4.69) is 0 Å². The van der Waals surface area contributed by atoms with Crippen LogP contribution in [-0.2, 0) is 18.9 Å². The molecule has 1 aromatic carbocycles. The Kier molecular flexibility index (Phi) is 9.29. The Balaban J connectivity index is 1.86. The lowest BCUT2D eigenvalue weighted by molar-refractivity contribution is -0.173. The van der Waals surface area contributed by atoms with Gasteiger partial charge in [-0.3, -0.25) is 4.79 Å². The second-order valence-corrected chi connectivity index (χ2v) is 5.43. The predicted molar refractivity (Wildman–Crippen MR) is 93.5 cm³/mol. The lowest BCUT2D eigenvalue weighted by atomic mass is 10.1. The van der Waals surface area contributed by atoms with Crippen LogP contribution in [-0.4, -0.2) is 77.3 Å². The van der Waals surface area contributed by atoms with Gasteiger partial charge in [0.15, 0.2) is 17.3 Å². The Labute approximate surface area is 158 Å². The number of benzene rings is 1. The van der Waals surface area contributed by atoms with E-state index in [0.717, 1.165) is 0 Å². The number of ketones is 1. The third-order valence-corrected chi connectivity index (χ3v) is 3.52. The highest BCUT2D eigenvalue weighted by Gasteiger charge is 2.30. The minimum Gasteiger partial charge on any atom is -0.487 e. The molecule has 1 N–H and O–H groups in total. The maximum Gasteiger partial charge on any atom is 0.361 e. The highest BCUT2D eigenvalue weighted by atomic mass is 16.9. The first-order valence-electron chi connectivity index (χ1n) is 8.73. The molecular formula is C18H26O9. The van der Waals surface area contributed by atoms with E-state index in [1.54, 1.807) is 7.11 Å². The van der Waals surface area contributed by atoms with E-state index in [0.29, 0.717) is 56.9 Å². The van der Waals surface area contributed by atoms with Crippen LogP contribution in [0.4, 0.5) is 0 Å². The van der Waals surface area contributed by atoms with Gasteiger partial charge in [0.25, 0.3) is 0 Å². The number of methoxy groups -OCH3 is 1. The van der Waals surface area contributed by atoms with Crippen molar-refractivity contribution in [2.24, 2.45) is 0 Å². The summed E-state index contributed by atoms with van der Waals surface area (Å²) in [7, 11) is 1.61. The van der Waals surface area contributed by atoms with Gasteiger partial charge in [0, 0.05) is 12.7 Å². The van der Waals surface area contributed by atoms with Gasteiger partial charge in [-0.15, -0.1) is 0 Å². The molecule has 1 aliphatic heterocycles. The maximum atomic E-state index is 11.8. The van der Waals surface area contributed by atoms with E-state index in [4.69, 9.17) is 38.3 Å². The number of hydrogen-bond donors (Lipinski definition) is 1. The Morgan fingerprint density at radius 2 is 1.78 bits per heavy atom. The summed E-state index contributed by atoms with van der Waals surface area (Å²) >= 11 is 0. The smallest absolute Gasteiger partial charge is 0.361 e. The fraction of sp³-hybridized carbons (Fsp3) is 0.611. The van der Waals surface area contributed by atoms with E-state index in [1.165, 1.54) is 12.1 Å². The summed E-state index contributed by atoms with van der Waals surface area (Å²) in [5.41, 5.74) is 0.263. The summed E-state index contributed by atoms with van der Waals surface area (Å²) < 4.78 is 37.6. The molecule has 0 aliphatic carbocycles. The average Bonchev–Trinajstić information content (AvgIpc) is 3.08. The van der Waals surface area contributed by atoms with Crippen molar-refractivity contribution in [3.05, 3.63) is 17.7 Å². The number of carbonyl (C=O) groups is 1. The highest BCUT2D eigenvalue weighted by molar-refractivity contribution is 5.98. The van der Waals surface area contributed by atoms with Gasteiger partial charge in [-0.2, -0.15) is 0 Å². The molecule has 27 heavy (non-hydrogen) atoms. The zero-order valence-electron chi connectivity index (χ0n) is 15.6. The van der Waals surface area contributed by atoms with Crippen molar-refractivity contribution in [3.63, 3.8) is 0 Å². The second kappa shape index (κ2) is 11.7. The Morgan fingerprint density at radius 3 is 2.44 bits per heavy atom. The fourth-order valence-electron chi connectivity index (χ4n) is 2.24. The SMILES string of the molecule is CCOC1Oc2cc(C(=O)CO)cc(OCCOCCOCCOC)c2O1. The quantitative estimate of drug-likeness (QED) is 0.371. The number of Topliss-reactive ketones (excluding diaryl/α,β-unsaturated/α-hetero) is 1. The van der Waals surface area contributed by atoms with Crippen LogP contribution in [0.3, 0.4) is 0 Å². The molecule has 0 amide bonds. The molecule has 1 aromatic rings. The van der Waals surface area contributed by atoms with Crippen molar-refractivity contribution in [2.45, 2.75) is 13.4 Å². The van der Waals surface area contributed by atoms with Crippen molar-refractivity contribution >= 4 is 5.78 Å². The fourth-order valence-corrected chi connectivity index (χ4v) is 2.24. The molecule has 0 aromatic heterocycles. The third-order valence-electron chi connectivity index (χ3n) is 3.52. The largest absolute Gasteiger partial charge is 0.487 e. The zero-order valence-corrected chi connectivity index (χ0v) is 15.6. The van der Waals surface area contributed by atoms with Crippen LogP contribution in [0.1, 0.15) is 17.3 Å². The number of ether oxygens (including phenoxy) is 7. The van der Waals surface area contributed by atoms with Gasteiger partial charge in [0.1, 0.15) is 13.2 Å². The predicted octanol–water partition coefficient (Wildman–Crippen LogP) is 1.01. The summed E-state index contributed by atoms with van der Waals surface area (Å²) in [5.74, 6) is 0.558. The van der Waals surface area contributed by atoms with E-state index in [9.17, 15) is 4.79 Å². The minimum atomic E-state index is -0.896. The maximum absolute atomic E-state index is 11.8. The summed E-state index contributed by atoms with van der Waals surface area (Å²) in [5, 5.41) is 9.09. The van der Waals surface area contributed by atoms with Gasteiger partial charge < -0.3 is 38.3 Å². The lowest BCUT2D eigenvalue weighted by Gasteiger charge is -2.11. The number of aliphatic hydroxyl groups excluding tert-OH is 1. The van der Waals surface area contributed by atoms with Crippen LogP contribution in [0.5, 0.6) is 17.2 Å². The molecule has 2 rings (SSSR count). The lowest BCUT2D eigenvalue weighted by Crippen LogP contribution is -2.21. The van der Waals surface area contributed by atoms with Crippen molar-refractivity contribution in [1.29, 1.82) is 0 Å². The van der Waals surface area contributed by atoms with Crippen molar-refractivity contribution in [2.75, 3.05) is 60.0 Å². The molecular weight excluding hydrogens is 360 g/mol. The Hall–Kier alpha value is -1.91. The molecule has 9 heteroatoms. The summed E-state index contributed by atoms with van der Waals surface area (Å²) in [6, 6.07) is 3.00. The van der Waals surface area contributed by atoms with Crippen LogP contribution in [0.25, 0.3) is 0 Å². The van der Waals surface area contributed by atoms with Gasteiger partial charge in [-0.05, 0) is 19.1 Å². The third kappa shape index (κ3) is 6.64. The molecule has 0 saturated carbocycles. The van der Waals surface area contributed by atoms with E-state index in [-0.39, 0.29) is 12.2 Å². The Morgan fingerprint density at radius 1 is 1.07 bits per heavy atom. The van der Waals surface area contributed by atoms with E-state index >= 15 is 0 Å².